The van der Waals surface area contributed by atoms with Crippen molar-refractivity contribution in [1.29, 1.82) is 0 Å². The molecule has 1 spiro atoms. The highest BCUT2D eigenvalue weighted by atomic mass is 32.1. The van der Waals surface area contributed by atoms with Gasteiger partial charge in [-0.25, -0.2) is 0 Å². The zero-order valence-electron chi connectivity index (χ0n) is 18.1. The summed E-state index contributed by atoms with van der Waals surface area (Å²) in [6.45, 7) is 12.4. The van der Waals surface area contributed by atoms with Crippen molar-refractivity contribution in [1.82, 2.24) is 5.32 Å². The van der Waals surface area contributed by atoms with Crippen LogP contribution in [0.3, 0.4) is 0 Å². The Morgan fingerprint density at radius 1 is 1.14 bits per heavy atom. The van der Waals surface area contributed by atoms with Crippen LogP contribution in [0, 0.1) is 16.7 Å². The van der Waals surface area contributed by atoms with E-state index in [0.717, 1.165) is 29.7 Å². The standard InChI is InChI=1S/C22H32N2O4S/c1-6-9-23-17(25)15-13-7-8-22(27-10-11-28-22)12-14(13)29-19(15)24-18(26)16-20(2,3)21(16,4)5/h16H,6-12H2,1-5H3,(H,23,25)(H,24,26). The van der Waals surface area contributed by atoms with Gasteiger partial charge in [0, 0.05) is 30.2 Å². The molecule has 4 rings (SSSR count). The summed E-state index contributed by atoms with van der Waals surface area (Å²) >= 11 is 1.51. The molecule has 2 amide bonds. The molecule has 1 aromatic rings. The van der Waals surface area contributed by atoms with Gasteiger partial charge in [-0.05, 0) is 29.2 Å². The van der Waals surface area contributed by atoms with Gasteiger partial charge in [0.2, 0.25) is 5.91 Å². The van der Waals surface area contributed by atoms with E-state index in [4.69, 9.17) is 9.47 Å². The second-order valence-corrected chi connectivity index (χ2v) is 10.7. The number of hydrogen-bond acceptors (Lipinski definition) is 5. The summed E-state index contributed by atoms with van der Waals surface area (Å²) in [6.07, 6.45) is 2.96. The number of nitrogens with one attached hydrogen (secondary N) is 2. The molecule has 7 heteroatoms. The summed E-state index contributed by atoms with van der Waals surface area (Å²) in [5.41, 5.74) is 1.58. The first-order valence-electron chi connectivity index (χ1n) is 10.6. The Morgan fingerprint density at radius 3 is 2.38 bits per heavy atom. The summed E-state index contributed by atoms with van der Waals surface area (Å²) in [5, 5.41) is 6.77. The van der Waals surface area contributed by atoms with Crippen LogP contribution >= 0.6 is 11.3 Å². The highest BCUT2D eigenvalue weighted by Crippen LogP contribution is 2.68. The van der Waals surface area contributed by atoms with Gasteiger partial charge < -0.3 is 20.1 Å². The second-order valence-electron chi connectivity index (χ2n) is 9.61. The zero-order valence-corrected chi connectivity index (χ0v) is 18.9. The molecule has 3 aliphatic rings. The molecule has 6 nitrogen and oxygen atoms in total. The van der Waals surface area contributed by atoms with Crippen molar-refractivity contribution in [2.75, 3.05) is 25.1 Å². The summed E-state index contributed by atoms with van der Waals surface area (Å²) in [5.74, 6) is -0.713. The van der Waals surface area contributed by atoms with Crippen molar-refractivity contribution in [2.45, 2.75) is 66.1 Å². The molecular weight excluding hydrogens is 388 g/mol. The van der Waals surface area contributed by atoms with Gasteiger partial charge in [0.25, 0.3) is 5.91 Å². The molecule has 0 bridgehead atoms. The molecule has 0 radical (unpaired) electrons. The minimum absolute atomic E-state index is 0.00576. The highest BCUT2D eigenvalue weighted by molar-refractivity contribution is 7.17. The fourth-order valence-corrected chi connectivity index (χ4v) is 6.34. The van der Waals surface area contributed by atoms with Gasteiger partial charge in [-0.3, -0.25) is 9.59 Å². The van der Waals surface area contributed by atoms with Crippen molar-refractivity contribution in [3.05, 3.63) is 16.0 Å². The molecule has 1 aromatic heterocycles. The molecule has 29 heavy (non-hydrogen) atoms. The lowest BCUT2D eigenvalue weighted by Crippen LogP contribution is -2.37. The van der Waals surface area contributed by atoms with Crippen LogP contribution in [0.4, 0.5) is 5.00 Å². The predicted molar refractivity (Wildman–Crippen MR) is 113 cm³/mol. The largest absolute Gasteiger partial charge is 0.352 e. The number of carbonyl (C=O) groups is 2. The number of hydrogen-bond donors (Lipinski definition) is 2. The smallest absolute Gasteiger partial charge is 0.254 e. The number of fused-ring (bicyclic) bond motifs is 1. The Balaban J connectivity index is 1.63. The van der Waals surface area contributed by atoms with Crippen molar-refractivity contribution < 1.29 is 19.1 Å². The highest BCUT2D eigenvalue weighted by Gasteiger charge is 2.68. The number of rotatable bonds is 5. The first-order valence-corrected chi connectivity index (χ1v) is 11.5. The van der Waals surface area contributed by atoms with Gasteiger partial charge in [-0.1, -0.05) is 34.6 Å². The maximum atomic E-state index is 13.1. The fraction of sp³-hybridized carbons (Fsp3) is 0.727. The van der Waals surface area contributed by atoms with E-state index in [0.29, 0.717) is 36.7 Å². The van der Waals surface area contributed by atoms with Crippen LogP contribution < -0.4 is 10.6 Å². The first kappa shape index (κ1) is 20.8. The normalized spacial score (nSPS) is 23.6. The lowest BCUT2D eigenvalue weighted by molar-refractivity contribution is -0.163. The van der Waals surface area contributed by atoms with E-state index in [1.54, 1.807) is 0 Å². The third kappa shape index (κ3) is 3.31. The van der Waals surface area contributed by atoms with E-state index in [1.807, 2.05) is 6.92 Å². The Labute approximate surface area is 176 Å². The lowest BCUT2D eigenvalue weighted by atomic mass is 9.90. The number of amides is 2. The second kappa shape index (κ2) is 7.06. The molecular formula is C22H32N2O4S. The minimum Gasteiger partial charge on any atom is -0.352 e. The number of anilines is 1. The van der Waals surface area contributed by atoms with Crippen LogP contribution in [0.2, 0.25) is 0 Å². The van der Waals surface area contributed by atoms with Crippen LogP contribution in [0.1, 0.15) is 68.3 Å². The van der Waals surface area contributed by atoms with Crippen LogP contribution in [0.5, 0.6) is 0 Å². The SMILES string of the molecule is CCCNC(=O)c1c(NC(=O)C2C(C)(C)C2(C)C)sc2c1CCC1(C2)OCCO1. The topological polar surface area (TPSA) is 76.7 Å². The Morgan fingerprint density at radius 2 is 1.79 bits per heavy atom. The molecule has 2 N–H and O–H groups in total. The van der Waals surface area contributed by atoms with E-state index >= 15 is 0 Å². The molecule has 0 atom stereocenters. The number of ether oxygens (including phenoxy) is 2. The van der Waals surface area contributed by atoms with Gasteiger partial charge in [0.05, 0.1) is 18.8 Å². The molecule has 1 aliphatic heterocycles. The quantitative estimate of drug-likeness (QED) is 0.761. The van der Waals surface area contributed by atoms with Gasteiger partial charge in [-0.15, -0.1) is 11.3 Å². The molecule has 160 valence electrons. The minimum atomic E-state index is -0.559. The van der Waals surface area contributed by atoms with Gasteiger partial charge in [-0.2, -0.15) is 0 Å². The predicted octanol–water partition coefficient (Wildman–Crippen LogP) is 3.74. The Kier molecular flexibility index (Phi) is 5.07. The van der Waals surface area contributed by atoms with Crippen LogP contribution in [-0.4, -0.2) is 37.4 Å². The molecule has 1 saturated heterocycles. The van der Waals surface area contributed by atoms with E-state index in [9.17, 15) is 9.59 Å². The van der Waals surface area contributed by atoms with Crippen LogP contribution in [0.15, 0.2) is 0 Å². The molecule has 1 saturated carbocycles. The maximum Gasteiger partial charge on any atom is 0.254 e. The zero-order chi connectivity index (χ0) is 21.0. The third-order valence-electron chi connectivity index (χ3n) is 7.37. The van der Waals surface area contributed by atoms with Crippen molar-refractivity contribution in [2.24, 2.45) is 16.7 Å². The van der Waals surface area contributed by atoms with Gasteiger partial charge in [0.1, 0.15) is 5.00 Å². The summed E-state index contributed by atoms with van der Waals surface area (Å²) in [4.78, 5) is 27.1. The van der Waals surface area contributed by atoms with Crippen LogP contribution in [0.25, 0.3) is 0 Å². The first-order chi connectivity index (χ1) is 13.6. The Hall–Kier alpha value is -1.44. The average Bonchev–Trinajstić information content (AvgIpc) is 3.04. The molecule has 2 heterocycles. The molecule has 2 aliphatic carbocycles. The summed E-state index contributed by atoms with van der Waals surface area (Å²) in [7, 11) is 0. The molecule has 0 aromatic carbocycles. The van der Waals surface area contributed by atoms with E-state index in [-0.39, 0.29) is 28.6 Å². The van der Waals surface area contributed by atoms with Gasteiger partial charge >= 0.3 is 0 Å². The molecule has 0 unspecified atom stereocenters. The maximum absolute atomic E-state index is 13.1. The van der Waals surface area contributed by atoms with Crippen molar-refractivity contribution in [3.8, 4) is 0 Å². The Bertz CT molecular complexity index is 822. The third-order valence-corrected chi connectivity index (χ3v) is 8.52. The monoisotopic (exact) mass is 420 g/mol. The van der Waals surface area contributed by atoms with E-state index < -0.39 is 5.79 Å². The van der Waals surface area contributed by atoms with Crippen molar-refractivity contribution >= 4 is 28.2 Å². The van der Waals surface area contributed by atoms with E-state index in [1.165, 1.54) is 11.3 Å². The summed E-state index contributed by atoms with van der Waals surface area (Å²) in [6, 6.07) is 0. The van der Waals surface area contributed by atoms with Gasteiger partial charge in [0.15, 0.2) is 5.79 Å². The average molecular weight is 421 g/mol. The van der Waals surface area contributed by atoms with E-state index in [2.05, 4.69) is 38.3 Å². The summed E-state index contributed by atoms with van der Waals surface area (Å²) < 4.78 is 11.8. The number of thiophene rings is 1. The lowest BCUT2D eigenvalue weighted by Gasteiger charge is -2.31. The molecule has 2 fully saturated rings. The fourth-order valence-electron chi connectivity index (χ4n) is 5.00. The van der Waals surface area contributed by atoms with Crippen LogP contribution in [-0.2, 0) is 27.1 Å². The van der Waals surface area contributed by atoms with Crippen molar-refractivity contribution in [3.63, 3.8) is 0 Å². The number of carbonyl (C=O) groups excluding carboxylic acids is 2.